The Balaban J connectivity index is 1.77. The maximum atomic E-state index is 14.4. The molecular formula is C31H31FN4O3. The van der Waals surface area contributed by atoms with Crippen LogP contribution in [0.4, 0.5) is 4.39 Å². The monoisotopic (exact) mass is 526 g/mol. The van der Waals surface area contributed by atoms with Crippen molar-refractivity contribution in [3.8, 4) is 11.5 Å². The van der Waals surface area contributed by atoms with Crippen LogP contribution in [0.5, 0.6) is 0 Å². The quantitative estimate of drug-likeness (QED) is 0.262. The Labute approximate surface area is 225 Å². The third kappa shape index (κ3) is 4.83. The van der Waals surface area contributed by atoms with Gasteiger partial charge in [-0.05, 0) is 54.5 Å². The number of halogens is 1. The molecule has 0 amide bonds. The lowest BCUT2D eigenvalue weighted by molar-refractivity contribution is 0.0989. The molecule has 0 fully saturated rings. The van der Waals surface area contributed by atoms with Gasteiger partial charge in [-0.1, -0.05) is 68.4 Å². The van der Waals surface area contributed by atoms with Gasteiger partial charge >= 0.3 is 5.69 Å². The van der Waals surface area contributed by atoms with Gasteiger partial charge in [0.25, 0.3) is 5.56 Å². The predicted molar refractivity (Wildman–Crippen MR) is 150 cm³/mol. The summed E-state index contributed by atoms with van der Waals surface area (Å²) in [5.41, 5.74) is 2.39. The maximum Gasteiger partial charge on any atom is 0.352 e. The molecule has 0 aliphatic carbocycles. The number of benzene rings is 3. The molecule has 8 heteroatoms. The summed E-state index contributed by atoms with van der Waals surface area (Å²) >= 11 is 0. The highest BCUT2D eigenvalue weighted by atomic mass is 19.1. The van der Waals surface area contributed by atoms with Crippen LogP contribution in [-0.4, -0.2) is 18.9 Å². The van der Waals surface area contributed by atoms with Crippen LogP contribution in [0.15, 0.2) is 82.4 Å². The first-order chi connectivity index (χ1) is 18.8. The van der Waals surface area contributed by atoms with E-state index in [1.807, 2.05) is 82.3 Å². The van der Waals surface area contributed by atoms with Crippen molar-refractivity contribution in [2.45, 2.75) is 53.4 Å². The number of fused-ring (bicyclic) bond motifs is 1. The second-order valence-electron chi connectivity index (χ2n) is 9.84. The van der Waals surface area contributed by atoms with Gasteiger partial charge in [0.1, 0.15) is 12.4 Å². The van der Waals surface area contributed by atoms with Crippen LogP contribution in [-0.2, 0) is 24.5 Å². The van der Waals surface area contributed by atoms with Crippen LogP contribution in [0, 0.1) is 12.7 Å². The van der Waals surface area contributed by atoms with E-state index < -0.39 is 11.4 Å². The van der Waals surface area contributed by atoms with Crippen molar-refractivity contribution in [2.24, 2.45) is 0 Å². The molecule has 0 aliphatic heterocycles. The van der Waals surface area contributed by atoms with Crippen LogP contribution >= 0.6 is 0 Å². The zero-order chi connectivity index (χ0) is 27.7. The topological polar surface area (TPSA) is 71.0 Å². The van der Waals surface area contributed by atoms with Crippen molar-refractivity contribution in [3.05, 3.63) is 122 Å². The minimum atomic E-state index is -0.497. The summed E-state index contributed by atoms with van der Waals surface area (Å²) in [6, 6.07) is 21.4. The molecule has 0 spiro atoms. The van der Waals surface area contributed by atoms with Gasteiger partial charge in [0.05, 0.1) is 17.7 Å². The van der Waals surface area contributed by atoms with Crippen LogP contribution in [0.3, 0.4) is 0 Å². The van der Waals surface area contributed by atoms with Crippen LogP contribution in [0.1, 0.15) is 49.2 Å². The van der Waals surface area contributed by atoms with Gasteiger partial charge in [0, 0.05) is 12.1 Å². The zero-order valence-electron chi connectivity index (χ0n) is 22.5. The van der Waals surface area contributed by atoms with Gasteiger partial charge in [-0.3, -0.25) is 13.9 Å². The molecule has 2 heterocycles. The predicted octanol–water partition coefficient (Wildman–Crippen LogP) is 5.65. The van der Waals surface area contributed by atoms with Crippen molar-refractivity contribution in [3.63, 3.8) is 0 Å². The SMILES string of the molecule is CCn1c(COCc2ccccc2)nn(-c2c(C(C)C)c3ccc(F)cc3c(=O)n2-c2ccccc2C)c1=O. The smallest absolute Gasteiger partial charge is 0.352 e. The lowest BCUT2D eigenvalue weighted by Crippen LogP contribution is -2.32. The van der Waals surface area contributed by atoms with Gasteiger partial charge < -0.3 is 4.74 Å². The van der Waals surface area contributed by atoms with E-state index in [1.165, 1.54) is 21.4 Å². The minimum Gasteiger partial charge on any atom is -0.369 e. The van der Waals surface area contributed by atoms with Gasteiger partial charge in [0.15, 0.2) is 11.6 Å². The average molecular weight is 527 g/mol. The maximum absolute atomic E-state index is 14.4. The molecule has 0 saturated carbocycles. The molecule has 3 aromatic carbocycles. The molecule has 5 aromatic rings. The molecule has 0 unspecified atom stereocenters. The van der Waals surface area contributed by atoms with Crippen LogP contribution in [0.2, 0.25) is 0 Å². The molecular weight excluding hydrogens is 495 g/mol. The lowest BCUT2D eigenvalue weighted by Gasteiger charge is -2.22. The molecule has 0 N–H and O–H groups in total. The summed E-state index contributed by atoms with van der Waals surface area (Å²) in [5.74, 6) is 0.199. The fourth-order valence-corrected chi connectivity index (χ4v) is 5.04. The summed E-state index contributed by atoms with van der Waals surface area (Å²) < 4.78 is 24.6. The highest BCUT2D eigenvalue weighted by molar-refractivity contribution is 5.88. The zero-order valence-corrected chi connectivity index (χ0v) is 22.5. The summed E-state index contributed by atoms with van der Waals surface area (Å²) in [4.78, 5) is 27.9. The first kappa shape index (κ1) is 26.3. The summed E-state index contributed by atoms with van der Waals surface area (Å²) in [5, 5.41) is 5.56. The summed E-state index contributed by atoms with van der Waals surface area (Å²) in [6.07, 6.45) is 0. The molecule has 200 valence electrons. The van der Waals surface area contributed by atoms with E-state index in [2.05, 4.69) is 0 Å². The molecule has 39 heavy (non-hydrogen) atoms. The van der Waals surface area contributed by atoms with E-state index in [0.29, 0.717) is 35.9 Å². The molecule has 7 nitrogen and oxygen atoms in total. The fourth-order valence-electron chi connectivity index (χ4n) is 5.04. The third-order valence-corrected chi connectivity index (χ3v) is 6.89. The minimum absolute atomic E-state index is 0.111. The molecule has 0 bridgehead atoms. The Morgan fingerprint density at radius 2 is 1.64 bits per heavy atom. The number of aromatic nitrogens is 4. The Kier molecular flexibility index (Phi) is 7.30. The number of hydrogen-bond donors (Lipinski definition) is 0. The second-order valence-corrected chi connectivity index (χ2v) is 9.84. The Hall–Kier alpha value is -4.30. The van der Waals surface area contributed by atoms with E-state index in [1.54, 1.807) is 10.6 Å². The van der Waals surface area contributed by atoms with Gasteiger partial charge in [-0.15, -0.1) is 5.10 Å². The molecule has 0 aliphatic rings. The summed E-state index contributed by atoms with van der Waals surface area (Å²) in [6.45, 7) is 8.61. The van der Waals surface area contributed by atoms with Crippen LogP contribution in [0.25, 0.3) is 22.3 Å². The third-order valence-electron chi connectivity index (χ3n) is 6.89. The van der Waals surface area contributed by atoms with E-state index >= 15 is 0 Å². The van der Waals surface area contributed by atoms with Crippen molar-refractivity contribution >= 4 is 10.8 Å². The normalized spacial score (nSPS) is 11.5. The first-order valence-corrected chi connectivity index (χ1v) is 13.1. The van der Waals surface area contributed by atoms with E-state index in [9.17, 15) is 14.0 Å². The van der Waals surface area contributed by atoms with Crippen molar-refractivity contribution in [2.75, 3.05) is 0 Å². The highest BCUT2D eigenvalue weighted by Crippen LogP contribution is 2.31. The Morgan fingerprint density at radius 3 is 2.33 bits per heavy atom. The van der Waals surface area contributed by atoms with Gasteiger partial charge in [-0.25, -0.2) is 9.18 Å². The molecule has 0 radical (unpaired) electrons. The lowest BCUT2D eigenvalue weighted by atomic mass is 9.96. The second kappa shape index (κ2) is 10.8. The van der Waals surface area contributed by atoms with E-state index in [4.69, 9.17) is 9.84 Å². The van der Waals surface area contributed by atoms with E-state index in [-0.39, 0.29) is 23.6 Å². The van der Waals surface area contributed by atoms with E-state index in [0.717, 1.165) is 16.7 Å². The number of rotatable bonds is 8. The Morgan fingerprint density at radius 1 is 0.923 bits per heavy atom. The standard InChI is InChI=1S/C31H31FN4O3/c1-5-34-27(19-39-18-22-12-7-6-8-13-22)33-36(31(34)38)29-28(20(2)3)24-16-15-23(32)17-25(24)30(37)35(29)26-14-10-9-11-21(26)4/h6-17,20H,5,18-19H2,1-4H3. The molecule has 2 aromatic heterocycles. The van der Waals surface area contributed by atoms with Crippen molar-refractivity contribution < 1.29 is 9.13 Å². The number of para-hydroxylation sites is 1. The van der Waals surface area contributed by atoms with Crippen LogP contribution < -0.4 is 11.2 Å². The molecule has 0 saturated heterocycles. The molecule has 5 rings (SSSR count). The van der Waals surface area contributed by atoms with Crippen molar-refractivity contribution in [1.29, 1.82) is 0 Å². The number of hydrogen-bond acceptors (Lipinski definition) is 4. The van der Waals surface area contributed by atoms with Gasteiger partial charge in [0.2, 0.25) is 0 Å². The molecule has 0 atom stereocenters. The first-order valence-electron chi connectivity index (χ1n) is 13.1. The Bertz CT molecular complexity index is 1770. The number of aryl methyl sites for hydroxylation is 1. The largest absolute Gasteiger partial charge is 0.369 e. The fraction of sp³-hybridized carbons (Fsp3) is 0.258. The average Bonchev–Trinajstić information content (AvgIpc) is 3.24. The number of nitrogens with zero attached hydrogens (tertiary/aromatic N) is 4. The summed E-state index contributed by atoms with van der Waals surface area (Å²) in [7, 11) is 0. The highest BCUT2D eigenvalue weighted by Gasteiger charge is 2.26. The number of ether oxygens (including phenoxy) is 1. The number of pyridine rings is 1. The van der Waals surface area contributed by atoms with Gasteiger partial charge in [-0.2, -0.15) is 4.68 Å². The van der Waals surface area contributed by atoms with Crippen molar-refractivity contribution in [1.82, 2.24) is 18.9 Å².